The molecule has 4 nitrogen and oxygen atoms in total. The van der Waals surface area contributed by atoms with Gasteiger partial charge in [-0.2, -0.15) is 0 Å². The molecule has 0 bridgehead atoms. The molecule has 0 aliphatic heterocycles. The van der Waals surface area contributed by atoms with Crippen molar-refractivity contribution in [2.45, 2.75) is 20.8 Å². The average Bonchev–Trinajstić information content (AvgIpc) is 2.75. The number of aromatic nitrogens is 2. The van der Waals surface area contributed by atoms with Crippen LogP contribution in [-0.4, -0.2) is 9.38 Å². The zero-order valence-corrected chi connectivity index (χ0v) is 11.7. The molecule has 20 heavy (non-hydrogen) atoms. The first kappa shape index (κ1) is 12.5. The van der Waals surface area contributed by atoms with Crippen LogP contribution in [0.3, 0.4) is 0 Å². The van der Waals surface area contributed by atoms with Gasteiger partial charge in [0.05, 0.1) is 0 Å². The van der Waals surface area contributed by atoms with Gasteiger partial charge < -0.3 is 0 Å². The van der Waals surface area contributed by atoms with Crippen LogP contribution in [0.1, 0.15) is 16.7 Å². The summed E-state index contributed by atoms with van der Waals surface area (Å²) in [5.41, 5.74) is 5.72. The van der Waals surface area contributed by atoms with Crippen LogP contribution in [0, 0.1) is 25.7 Å². The minimum Gasteiger partial charge on any atom is -0.281 e. The highest BCUT2D eigenvalue weighted by Crippen LogP contribution is 2.33. The van der Waals surface area contributed by atoms with Crippen molar-refractivity contribution in [1.29, 1.82) is 0 Å². The van der Waals surface area contributed by atoms with E-state index in [1.54, 1.807) is 4.40 Å². The molecule has 0 fully saturated rings. The summed E-state index contributed by atoms with van der Waals surface area (Å²) in [6, 6.07) is 9.98. The van der Waals surface area contributed by atoms with Gasteiger partial charge in [0.1, 0.15) is 11.3 Å². The van der Waals surface area contributed by atoms with Gasteiger partial charge in [0.2, 0.25) is 5.82 Å². The predicted molar refractivity (Wildman–Crippen MR) is 80.3 cm³/mol. The third kappa shape index (κ3) is 1.90. The van der Waals surface area contributed by atoms with E-state index in [1.807, 2.05) is 51.2 Å². The van der Waals surface area contributed by atoms with Gasteiger partial charge in [-0.15, -0.1) is 4.91 Å². The number of hydrogen-bond acceptors (Lipinski definition) is 3. The first-order chi connectivity index (χ1) is 9.60. The molecule has 0 aliphatic rings. The highest BCUT2D eigenvalue weighted by Gasteiger charge is 2.16. The van der Waals surface area contributed by atoms with E-state index in [1.165, 1.54) is 5.56 Å². The first-order valence-electron chi connectivity index (χ1n) is 6.50. The van der Waals surface area contributed by atoms with Crippen LogP contribution in [0.2, 0.25) is 0 Å². The second kappa shape index (κ2) is 4.56. The molecule has 0 amide bonds. The van der Waals surface area contributed by atoms with E-state index in [0.717, 1.165) is 22.3 Å². The van der Waals surface area contributed by atoms with Gasteiger partial charge in [-0.3, -0.25) is 4.40 Å². The van der Waals surface area contributed by atoms with Crippen LogP contribution in [-0.2, 0) is 0 Å². The maximum Gasteiger partial charge on any atom is 0.209 e. The molecule has 1 aromatic carbocycles. The summed E-state index contributed by atoms with van der Waals surface area (Å²) >= 11 is 0. The zero-order valence-electron chi connectivity index (χ0n) is 11.7. The van der Waals surface area contributed by atoms with Gasteiger partial charge in [0.25, 0.3) is 0 Å². The summed E-state index contributed by atoms with van der Waals surface area (Å²) in [6.07, 6.45) is 1.83. The molecule has 0 unspecified atom stereocenters. The fourth-order valence-electron chi connectivity index (χ4n) is 2.48. The Kier molecular flexibility index (Phi) is 2.86. The van der Waals surface area contributed by atoms with E-state index in [2.05, 4.69) is 16.2 Å². The van der Waals surface area contributed by atoms with Crippen molar-refractivity contribution >= 4 is 11.5 Å². The van der Waals surface area contributed by atoms with Crippen LogP contribution >= 0.6 is 0 Å². The van der Waals surface area contributed by atoms with Crippen molar-refractivity contribution in [3.63, 3.8) is 0 Å². The Morgan fingerprint density at radius 3 is 2.50 bits per heavy atom. The lowest BCUT2D eigenvalue weighted by Crippen LogP contribution is -1.85. The molecule has 0 saturated carbocycles. The smallest absolute Gasteiger partial charge is 0.209 e. The quantitative estimate of drug-likeness (QED) is 0.647. The Morgan fingerprint density at radius 2 is 1.80 bits per heavy atom. The lowest BCUT2D eigenvalue weighted by atomic mass is 10.0. The molecule has 2 heterocycles. The lowest BCUT2D eigenvalue weighted by Gasteiger charge is -2.04. The monoisotopic (exact) mass is 265 g/mol. The number of fused-ring (bicyclic) bond motifs is 1. The maximum absolute atomic E-state index is 11.2. The van der Waals surface area contributed by atoms with E-state index in [-0.39, 0.29) is 0 Å². The second-order valence-corrected chi connectivity index (χ2v) is 5.13. The van der Waals surface area contributed by atoms with Crippen LogP contribution < -0.4 is 0 Å². The molecule has 0 N–H and O–H groups in total. The summed E-state index contributed by atoms with van der Waals surface area (Å²) in [6.45, 7) is 6.06. The number of nitrogens with zero attached hydrogens (tertiary/aromatic N) is 3. The molecule has 0 saturated heterocycles. The van der Waals surface area contributed by atoms with E-state index in [0.29, 0.717) is 11.5 Å². The molecule has 0 atom stereocenters. The summed E-state index contributed by atoms with van der Waals surface area (Å²) in [4.78, 5) is 15.8. The Hall–Kier alpha value is -2.49. The van der Waals surface area contributed by atoms with Crippen molar-refractivity contribution in [1.82, 2.24) is 9.38 Å². The predicted octanol–water partition coefficient (Wildman–Crippen LogP) is 4.32. The number of nitroso groups, excluding NO2 is 1. The van der Waals surface area contributed by atoms with Gasteiger partial charge in [-0.25, -0.2) is 4.98 Å². The summed E-state index contributed by atoms with van der Waals surface area (Å²) < 4.78 is 1.73. The Labute approximate surface area is 117 Å². The fraction of sp³-hybridized carbons (Fsp3) is 0.188. The van der Waals surface area contributed by atoms with Crippen LogP contribution in [0.25, 0.3) is 16.9 Å². The standard InChI is InChI=1S/C16H15N3O/c1-10-4-5-13(12(3)8-10)15-16(18-20)19-7-6-11(2)9-14(19)17-15/h4-9H,1-3H3. The fourth-order valence-corrected chi connectivity index (χ4v) is 2.48. The maximum atomic E-state index is 11.2. The topological polar surface area (TPSA) is 46.7 Å². The molecule has 4 heteroatoms. The summed E-state index contributed by atoms with van der Waals surface area (Å²) in [5, 5.41) is 3.18. The van der Waals surface area contributed by atoms with E-state index < -0.39 is 0 Å². The number of pyridine rings is 1. The van der Waals surface area contributed by atoms with Gasteiger partial charge in [-0.05, 0) is 49.2 Å². The van der Waals surface area contributed by atoms with Crippen molar-refractivity contribution in [2.24, 2.45) is 5.18 Å². The average molecular weight is 265 g/mol. The molecule has 0 aliphatic carbocycles. The third-order valence-corrected chi connectivity index (χ3v) is 3.48. The van der Waals surface area contributed by atoms with E-state index in [4.69, 9.17) is 0 Å². The van der Waals surface area contributed by atoms with Crippen molar-refractivity contribution in [2.75, 3.05) is 0 Å². The third-order valence-electron chi connectivity index (χ3n) is 3.48. The highest BCUT2D eigenvalue weighted by atomic mass is 16.3. The molecule has 0 radical (unpaired) electrons. The summed E-state index contributed by atoms with van der Waals surface area (Å²) in [5.74, 6) is 0.354. The Bertz CT molecular complexity index is 818. The molecule has 3 aromatic rings. The van der Waals surface area contributed by atoms with E-state index >= 15 is 0 Å². The summed E-state index contributed by atoms with van der Waals surface area (Å²) in [7, 11) is 0. The second-order valence-electron chi connectivity index (χ2n) is 5.13. The molecule has 0 spiro atoms. The van der Waals surface area contributed by atoms with Gasteiger partial charge in [0.15, 0.2) is 0 Å². The van der Waals surface area contributed by atoms with Crippen molar-refractivity contribution in [3.05, 3.63) is 58.1 Å². The van der Waals surface area contributed by atoms with Crippen LogP contribution in [0.5, 0.6) is 0 Å². The minimum absolute atomic E-state index is 0.354. The number of imidazole rings is 1. The van der Waals surface area contributed by atoms with E-state index in [9.17, 15) is 4.91 Å². The number of hydrogen-bond donors (Lipinski definition) is 0. The first-order valence-corrected chi connectivity index (χ1v) is 6.50. The molecular weight excluding hydrogens is 250 g/mol. The molecule has 2 aromatic heterocycles. The van der Waals surface area contributed by atoms with Crippen LogP contribution in [0.15, 0.2) is 41.7 Å². The SMILES string of the molecule is Cc1ccc(-c2nc3cc(C)ccn3c2N=O)c(C)c1. The largest absolute Gasteiger partial charge is 0.281 e. The normalized spacial score (nSPS) is 10.9. The van der Waals surface area contributed by atoms with Crippen LogP contribution in [0.4, 0.5) is 5.82 Å². The Balaban J connectivity index is 2.32. The van der Waals surface area contributed by atoms with Gasteiger partial charge in [-0.1, -0.05) is 23.8 Å². The molecule has 100 valence electrons. The van der Waals surface area contributed by atoms with Gasteiger partial charge >= 0.3 is 0 Å². The van der Waals surface area contributed by atoms with Crippen molar-refractivity contribution in [3.8, 4) is 11.3 Å². The lowest BCUT2D eigenvalue weighted by molar-refractivity contribution is 1.15. The molecular formula is C16H15N3O. The Morgan fingerprint density at radius 1 is 1.05 bits per heavy atom. The van der Waals surface area contributed by atoms with Gasteiger partial charge in [0, 0.05) is 11.8 Å². The van der Waals surface area contributed by atoms with Crippen molar-refractivity contribution < 1.29 is 0 Å². The highest BCUT2D eigenvalue weighted by molar-refractivity contribution is 5.77. The minimum atomic E-state index is 0.354. The number of benzene rings is 1. The molecule has 3 rings (SSSR count). The number of rotatable bonds is 2. The number of aryl methyl sites for hydroxylation is 3. The zero-order chi connectivity index (χ0) is 14.3.